The number of fused-ring (bicyclic) bond motifs is 1. The predicted octanol–water partition coefficient (Wildman–Crippen LogP) is 7.78. The third-order valence-electron chi connectivity index (χ3n) is 7.76. The van der Waals surface area contributed by atoms with Crippen LogP contribution < -0.4 is 14.5 Å². The Bertz CT molecular complexity index is 1870. The minimum absolute atomic E-state index is 0.0254. The molecule has 6 nitrogen and oxygen atoms in total. The summed E-state index contributed by atoms with van der Waals surface area (Å²) in [5.41, 5.74) is 7.46. The Morgan fingerprint density at radius 3 is 1.91 bits per heavy atom. The summed E-state index contributed by atoms with van der Waals surface area (Å²) in [4.78, 5) is 18.5. The second kappa shape index (κ2) is 11.4. The average Bonchev–Trinajstić information content (AvgIpc) is 3.01. The van der Waals surface area contributed by atoms with Crippen LogP contribution in [0.3, 0.4) is 0 Å². The summed E-state index contributed by atoms with van der Waals surface area (Å²) >= 11 is 0. The molecule has 216 valence electrons. The number of nitrogens with one attached hydrogen (secondary N) is 1. The second-order valence-corrected chi connectivity index (χ2v) is 12.7. The number of amides is 1. The minimum Gasteiger partial charge on any atom is -0.342 e. The van der Waals surface area contributed by atoms with Crippen molar-refractivity contribution in [2.75, 3.05) is 14.5 Å². The highest BCUT2D eigenvalue weighted by molar-refractivity contribution is 7.92. The van der Waals surface area contributed by atoms with Crippen molar-refractivity contribution in [3.63, 3.8) is 0 Å². The maximum absolute atomic E-state index is 14.5. The molecule has 6 rings (SSSR count). The van der Waals surface area contributed by atoms with Gasteiger partial charge in [-0.15, -0.1) is 0 Å². The van der Waals surface area contributed by atoms with Crippen molar-refractivity contribution in [1.82, 2.24) is 0 Å². The van der Waals surface area contributed by atoms with Gasteiger partial charge in [-0.2, -0.15) is 0 Å². The highest BCUT2D eigenvalue weighted by Crippen LogP contribution is 2.43. The van der Waals surface area contributed by atoms with Gasteiger partial charge in [-0.05, 0) is 74.4 Å². The molecule has 0 saturated carbocycles. The van der Waals surface area contributed by atoms with Crippen LogP contribution in [0.25, 0.3) is 0 Å². The summed E-state index contributed by atoms with van der Waals surface area (Å²) < 4.78 is 29.7. The van der Waals surface area contributed by atoms with Crippen LogP contribution in [0, 0.1) is 20.8 Å². The average molecular weight is 588 g/mol. The number of carbonyl (C=O) groups is 1. The summed E-state index contributed by atoms with van der Waals surface area (Å²) in [7, 11) is -3.96. The van der Waals surface area contributed by atoms with Crippen molar-refractivity contribution in [1.29, 1.82) is 0 Å². The van der Waals surface area contributed by atoms with E-state index in [9.17, 15) is 13.2 Å². The zero-order chi connectivity index (χ0) is 30.1. The largest absolute Gasteiger partial charge is 0.342 e. The molecule has 0 aromatic heterocycles. The van der Waals surface area contributed by atoms with E-state index < -0.39 is 16.2 Å². The van der Waals surface area contributed by atoms with E-state index in [0.29, 0.717) is 23.5 Å². The van der Waals surface area contributed by atoms with E-state index in [1.165, 1.54) is 6.07 Å². The molecule has 1 amide bonds. The molecule has 0 bridgehead atoms. The molecule has 0 unspecified atom stereocenters. The van der Waals surface area contributed by atoms with Crippen LogP contribution in [0.1, 0.15) is 44.3 Å². The summed E-state index contributed by atoms with van der Waals surface area (Å²) in [5, 5.41) is 0. The molecule has 0 spiro atoms. The molecule has 1 aliphatic rings. The van der Waals surface area contributed by atoms with E-state index in [-0.39, 0.29) is 10.8 Å². The fraction of sp³-hybridized carbons (Fsp3) is 0.139. The van der Waals surface area contributed by atoms with Gasteiger partial charge in [0.25, 0.3) is 15.9 Å². The third kappa shape index (κ3) is 5.76. The molecular weight excluding hydrogens is 554 g/mol. The van der Waals surface area contributed by atoms with Crippen molar-refractivity contribution in [2.24, 2.45) is 0 Å². The standard InChI is InChI=1S/C36H33N3O3S/c1-25-9-15-29(16-10-25)35-38(24-28-7-5-4-6-8-28)34-22-21-32(43(41,42)37-30-17-11-26(2)12-18-30)23-33(34)36(40)39(35)31-19-13-27(3)14-20-31/h4-23,35,37H,24H2,1-3H3/t35-/m0/s1. The molecule has 1 heterocycles. The highest BCUT2D eigenvalue weighted by Gasteiger charge is 2.40. The van der Waals surface area contributed by atoms with Crippen LogP contribution in [0.4, 0.5) is 17.1 Å². The number of hydrogen-bond acceptors (Lipinski definition) is 4. The van der Waals surface area contributed by atoms with Crippen LogP contribution in [0.5, 0.6) is 0 Å². The number of aryl methyl sites for hydroxylation is 3. The van der Waals surface area contributed by atoms with E-state index in [0.717, 1.165) is 33.5 Å². The Balaban J connectivity index is 1.52. The summed E-state index contributed by atoms with van der Waals surface area (Å²) in [6.07, 6.45) is -0.461. The summed E-state index contributed by atoms with van der Waals surface area (Å²) in [6.45, 7) is 6.50. The predicted molar refractivity (Wildman–Crippen MR) is 173 cm³/mol. The molecule has 0 aliphatic carbocycles. The Kier molecular flexibility index (Phi) is 7.50. The molecule has 5 aromatic carbocycles. The van der Waals surface area contributed by atoms with Crippen molar-refractivity contribution in [2.45, 2.75) is 38.4 Å². The molecule has 1 atom stereocenters. The first-order chi connectivity index (χ1) is 20.7. The molecule has 0 fully saturated rings. The second-order valence-electron chi connectivity index (χ2n) is 11.1. The first-order valence-electron chi connectivity index (χ1n) is 14.2. The lowest BCUT2D eigenvalue weighted by atomic mass is 9.98. The molecular formula is C36H33N3O3S. The lowest BCUT2D eigenvalue weighted by Gasteiger charge is -2.46. The smallest absolute Gasteiger partial charge is 0.262 e. The van der Waals surface area contributed by atoms with Gasteiger partial charge in [-0.3, -0.25) is 14.4 Å². The van der Waals surface area contributed by atoms with E-state index in [1.807, 2.05) is 75.4 Å². The normalized spacial score (nSPS) is 14.9. The van der Waals surface area contributed by atoms with Crippen molar-refractivity contribution >= 4 is 33.0 Å². The van der Waals surface area contributed by atoms with Gasteiger partial charge in [0.15, 0.2) is 0 Å². The Morgan fingerprint density at radius 2 is 1.28 bits per heavy atom. The van der Waals surface area contributed by atoms with Crippen LogP contribution in [-0.4, -0.2) is 14.3 Å². The van der Waals surface area contributed by atoms with E-state index in [1.54, 1.807) is 29.2 Å². The molecule has 43 heavy (non-hydrogen) atoms. The monoisotopic (exact) mass is 587 g/mol. The molecule has 0 saturated heterocycles. The molecule has 7 heteroatoms. The molecule has 5 aromatic rings. The zero-order valence-corrected chi connectivity index (χ0v) is 25.2. The number of rotatable bonds is 7. The first kappa shape index (κ1) is 28.2. The van der Waals surface area contributed by atoms with Crippen LogP contribution >= 0.6 is 0 Å². The number of sulfonamides is 1. The number of anilines is 3. The van der Waals surface area contributed by atoms with Crippen LogP contribution in [0.15, 0.2) is 126 Å². The zero-order valence-electron chi connectivity index (χ0n) is 24.4. The SMILES string of the molecule is Cc1ccc(NS(=O)(=O)c2ccc3c(c2)C(=O)N(c2ccc(C)cc2)[C@@H](c2ccc(C)cc2)N3Cc2ccccc2)cc1. The van der Waals surface area contributed by atoms with Crippen molar-refractivity contribution in [3.05, 3.63) is 155 Å². The van der Waals surface area contributed by atoms with Gasteiger partial charge in [-0.25, -0.2) is 8.42 Å². The summed E-state index contributed by atoms with van der Waals surface area (Å²) in [6, 6.07) is 38.1. The van der Waals surface area contributed by atoms with Gasteiger partial charge in [0.05, 0.1) is 16.1 Å². The van der Waals surface area contributed by atoms with Crippen LogP contribution in [0.2, 0.25) is 0 Å². The summed E-state index contributed by atoms with van der Waals surface area (Å²) in [5.74, 6) is -0.263. The van der Waals surface area contributed by atoms with E-state index in [4.69, 9.17) is 0 Å². The Hall–Kier alpha value is -4.88. The Labute approximate surface area is 253 Å². The van der Waals surface area contributed by atoms with Crippen molar-refractivity contribution < 1.29 is 13.2 Å². The fourth-order valence-electron chi connectivity index (χ4n) is 5.43. The van der Waals surface area contributed by atoms with Gasteiger partial charge < -0.3 is 4.90 Å². The fourth-order valence-corrected chi connectivity index (χ4v) is 6.52. The highest BCUT2D eigenvalue weighted by atomic mass is 32.2. The quantitative estimate of drug-likeness (QED) is 0.211. The number of hydrogen-bond donors (Lipinski definition) is 1. The molecule has 1 aliphatic heterocycles. The van der Waals surface area contributed by atoms with Crippen LogP contribution in [-0.2, 0) is 16.6 Å². The van der Waals surface area contributed by atoms with E-state index >= 15 is 0 Å². The maximum Gasteiger partial charge on any atom is 0.262 e. The van der Waals surface area contributed by atoms with Gasteiger partial charge in [0, 0.05) is 17.9 Å². The molecule has 0 radical (unpaired) electrons. The third-order valence-corrected chi connectivity index (χ3v) is 9.14. The van der Waals surface area contributed by atoms with E-state index in [2.05, 4.69) is 46.0 Å². The Morgan fingerprint density at radius 1 is 0.698 bits per heavy atom. The topological polar surface area (TPSA) is 69.7 Å². The molecule has 1 N–H and O–H groups in total. The van der Waals surface area contributed by atoms with Gasteiger partial charge in [-0.1, -0.05) is 95.6 Å². The number of nitrogens with zero attached hydrogens (tertiary/aromatic N) is 2. The first-order valence-corrected chi connectivity index (χ1v) is 15.7. The maximum atomic E-state index is 14.5. The van der Waals surface area contributed by atoms with Gasteiger partial charge in [0.1, 0.15) is 6.17 Å². The van der Waals surface area contributed by atoms with Gasteiger partial charge in [0.2, 0.25) is 0 Å². The lowest BCUT2D eigenvalue weighted by molar-refractivity contribution is 0.0968. The lowest BCUT2D eigenvalue weighted by Crippen LogP contribution is -2.49. The number of carbonyl (C=O) groups excluding carboxylic acids is 1. The van der Waals surface area contributed by atoms with Gasteiger partial charge >= 0.3 is 0 Å². The van der Waals surface area contributed by atoms with Crippen molar-refractivity contribution in [3.8, 4) is 0 Å². The number of benzene rings is 5. The minimum atomic E-state index is -3.96.